The van der Waals surface area contributed by atoms with E-state index in [1.807, 2.05) is 61.5 Å². The minimum absolute atomic E-state index is 0.0175. The van der Waals surface area contributed by atoms with Gasteiger partial charge in [0.25, 0.3) is 0 Å². The van der Waals surface area contributed by atoms with Crippen molar-refractivity contribution in [2.24, 2.45) is 0 Å². The maximum Gasteiger partial charge on any atom is 0.358 e. The molecule has 0 spiro atoms. The Labute approximate surface area is 202 Å². The predicted octanol–water partition coefficient (Wildman–Crippen LogP) is 5.39. The topological polar surface area (TPSA) is 68.7 Å². The monoisotopic (exact) mass is 484 g/mol. The van der Waals surface area contributed by atoms with E-state index in [-0.39, 0.29) is 18.2 Å². The summed E-state index contributed by atoms with van der Waals surface area (Å²) >= 11 is 2.97. The Hall–Kier alpha value is -2.84. The number of thiazole rings is 1. The first-order valence-corrected chi connectivity index (χ1v) is 12.6. The van der Waals surface area contributed by atoms with Crippen LogP contribution in [0.1, 0.15) is 34.3 Å². The average Bonchev–Trinajstić information content (AvgIpc) is 3.22. The Morgan fingerprint density at radius 2 is 1.82 bits per heavy atom. The summed E-state index contributed by atoms with van der Waals surface area (Å²) in [5.74, 6) is 0.973. The molecule has 0 bridgehead atoms. The van der Waals surface area contributed by atoms with Crippen molar-refractivity contribution in [2.45, 2.75) is 31.6 Å². The number of carbonyl (C=O) groups is 2. The molecule has 0 saturated carbocycles. The molecule has 8 heteroatoms. The largest absolute Gasteiger partial charge is 0.497 e. The summed E-state index contributed by atoms with van der Waals surface area (Å²) in [6, 6.07) is 17.8. The minimum atomic E-state index is -0.456. The lowest BCUT2D eigenvalue weighted by atomic mass is 10.1. The molecule has 3 aromatic rings. The number of anilines is 1. The maximum absolute atomic E-state index is 13.2. The number of carbonyl (C=O) groups excluding carboxylic acids is 2. The van der Waals surface area contributed by atoms with Gasteiger partial charge in [-0.1, -0.05) is 30.3 Å². The molecule has 0 aliphatic heterocycles. The fraction of sp³-hybridized carbons (Fsp3) is 0.320. The molecule has 0 N–H and O–H groups in total. The van der Waals surface area contributed by atoms with Crippen molar-refractivity contribution in [1.82, 2.24) is 4.98 Å². The summed E-state index contributed by atoms with van der Waals surface area (Å²) in [5, 5.41) is 0.533. The Kier molecular flexibility index (Phi) is 9.33. The van der Waals surface area contributed by atoms with E-state index >= 15 is 0 Å². The Morgan fingerprint density at radius 1 is 1.09 bits per heavy atom. The molecular formula is C25H28N2O4S2. The van der Waals surface area contributed by atoms with Crippen LogP contribution in [-0.2, 0) is 16.0 Å². The summed E-state index contributed by atoms with van der Waals surface area (Å²) in [7, 11) is 1.64. The van der Waals surface area contributed by atoms with Gasteiger partial charge in [0.2, 0.25) is 5.91 Å². The van der Waals surface area contributed by atoms with E-state index in [2.05, 4.69) is 4.98 Å². The van der Waals surface area contributed by atoms with E-state index in [0.29, 0.717) is 30.3 Å². The van der Waals surface area contributed by atoms with Crippen LogP contribution in [0.3, 0.4) is 0 Å². The van der Waals surface area contributed by atoms with Crippen molar-refractivity contribution < 1.29 is 19.1 Å². The third-order valence-electron chi connectivity index (χ3n) is 4.90. The average molecular weight is 485 g/mol. The molecule has 0 saturated heterocycles. The highest BCUT2D eigenvalue weighted by Crippen LogP contribution is 2.28. The van der Waals surface area contributed by atoms with Gasteiger partial charge in [-0.3, -0.25) is 9.69 Å². The van der Waals surface area contributed by atoms with Gasteiger partial charge in [0.1, 0.15) is 5.75 Å². The van der Waals surface area contributed by atoms with Crippen LogP contribution in [0.4, 0.5) is 5.13 Å². The van der Waals surface area contributed by atoms with Gasteiger partial charge in [0, 0.05) is 28.5 Å². The number of benzene rings is 2. The number of ether oxygens (including phenoxy) is 2. The number of hydrogen-bond donors (Lipinski definition) is 0. The Balaban J connectivity index is 1.71. The van der Waals surface area contributed by atoms with Gasteiger partial charge in [0.15, 0.2) is 10.8 Å². The van der Waals surface area contributed by atoms with Crippen molar-refractivity contribution in [2.75, 3.05) is 30.9 Å². The number of rotatable bonds is 11. The van der Waals surface area contributed by atoms with Crippen LogP contribution in [0.2, 0.25) is 0 Å². The van der Waals surface area contributed by atoms with Crippen LogP contribution in [-0.4, -0.2) is 42.9 Å². The van der Waals surface area contributed by atoms with Crippen LogP contribution >= 0.6 is 23.1 Å². The highest BCUT2D eigenvalue weighted by molar-refractivity contribution is 7.99. The first-order valence-electron chi connectivity index (χ1n) is 10.8. The van der Waals surface area contributed by atoms with E-state index in [9.17, 15) is 9.59 Å². The fourth-order valence-corrected chi connectivity index (χ4v) is 4.94. The second-order valence-corrected chi connectivity index (χ2v) is 9.53. The molecule has 0 atom stereocenters. The van der Waals surface area contributed by atoms with E-state index in [1.165, 1.54) is 11.3 Å². The number of hydrogen-bond acceptors (Lipinski definition) is 7. The highest BCUT2D eigenvalue weighted by atomic mass is 32.2. The first-order chi connectivity index (χ1) is 16.0. The van der Waals surface area contributed by atoms with E-state index in [0.717, 1.165) is 21.1 Å². The molecule has 3 rings (SSSR count). The molecule has 1 heterocycles. The number of nitrogens with zero attached hydrogens (tertiary/aromatic N) is 2. The highest BCUT2D eigenvalue weighted by Gasteiger charge is 2.23. The van der Waals surface area contributed by atoms with Gasteiger partial charge in [-0.15, -0.1) is 23.1 Å². The molecule has 0 aliphatic rings. The number of esters is 1. The molecule has 2 aromatic carbocycles. The molecule has 6 nitrogen and oxygen atoms in total. The third kappa shape index (κ3) is 7.07. The first kappa shape index (κ1) is 24.8. The summed E-state index contributed by atoms with van der Waals surface area (Å²) in [6.45, 7) is 4.36. The van der Waals surface area contributed by atoms with Gasteiger partial charge in [-0.05, 0) is 50.1 Å². The van der Waals surface area contributed by atoms with Gasteiger partial charge < -0.3 is 9.47 Å². The summed E-state index contributed by atoms with van der Waals surface area (Å²) in [6.07, 6.45) is 1.06. The second-order valence-electron chi connectivity index (χ2n) is 7.18. The minimum Gasteiger partial charge on any atom is -0.497 e. The summed E-state index contributed by atoms with van der Waals surface area (Å²) < 4.78 is 10.3. The number of thioether (sulfide) groups is 1. The molecule has 0 fully saturated rings. The molecular weight excluding hydrogens is 456 g/mol. The molecule has 1 amide bonds. The van der Waals surface area contributed by atoms with Crippen LogP contribution in [0, 0.1) is 6.92 Å². The van der Waals surface area contributed by atoms with Gasteiger partial charge >= 0.3 is 5.97 Å². The van der Waals surface area contributed by atoms with Gasteiger partial charge in [-0.2, -0.15) is 0 Å². The summed E-state index contributed by atoms with van der Waals surface area (Å²) in [4.78, 5) is 33.4. The Bertz CT molecular complexity index is 1050. The van der Waals surface area contributed by atoms with E-state index in [1.54, 1.807) is 30.7 Å². The number of amides is 1. The molecule has 0 unspecified atom stereocenters. The SMILES string of the molecule is CCOC(=O)c1nc(N(CCc2ccccc2)C(=O)CCSc2ccc(OC)cc2)sc1C. The molecule has 1 aromatic heterocycles. The van der Waals surface area contributed by atoms with Crippen LogP contribution < -0.4 is 9.64 Å². The number of aryl methyl sites for hydroxylation is 1. The lowest BCUT2D eigenvalue weighted by Gasteiger charge is -2.20. The van der Waals surface area contributed by atoms with E-state index < -0.39 is 5.97 Å². The lowest BCUT2D eigenvalue weighted by Crippen LogP contribution is -2.33. The lowest BCUT2D eigenvalue weighted by molar-refractivity contribution is -0.118. The van der Waals surface area contributed by atoms with Crippen LogP contribution in [0.25, 0.3) is 0 Å². The van der Waals surface area contributed by atoms with Crippen LogP contribution in [0.5, 0.6) is 5.75 Å². The van der Waals surface area contributed by atoms with Crippen molar-refractivity contribution >= 4 is 40.1 Å². The second kappa shape index (κ2) is 12.4. The van der Waals surface area contributed by atoms with Gasteiger partial charge in [-0.25, -0.2) is 9.78 Å². The van der Waals surface area contributed by atoms with Crippen molar-refractivity contribution in [3.8, 4) is 5.75 Å². The quantitative estimate of drug-likeness (QED) is 0.268. The molecule has 33 heavy (non-hydrogen) atoms. The van der Waals surface area contributed by atoms with E-state index in [4.69, 9.17) is 9.47 Å². The fourth-order valence-electron chi connectivity index (χ4n) is 3.16. The summed E-state index contributed by atoms with van der Waals surface area (Å²) in [5.41, 5.74) is 1.42. The van der Waals surface area contributed by atoms with Crippen molar-refractivity contribution in [3.05, 3.63) is 70.7 Å². The molecule has 174 valence electrons. The van der Waals surface area contributed by atoms with Gasteiger partial charge in [0.05, 0.1) is 13.7 Å². The van der Waals surface area contributed by atoms with Crippen molar-refractivity contribution in [1.29, 1.82) is 0 Å². The third-order valence-corrected chi connectivity index (χ3v) is 6.90. The zero-order valence-electron chi connectivity index (χ0n) is 19.1. The zero-order chi connectivity index (χ0) is 23.6. The normalized spacial score (nSPS) is 10.6. The smallest absolute Gasteiger partial charge is 0.358 e. The number of aromatic nitrogens is 1. The predicted molar refractivity (Wildman–Crippen MR) is 134 cm³/mol. The molecule has 0 aliphatic carbocycles. The molecule has 0 radical (unpaired) electrons. The number of methoxy groups -OCH3 is 1. The Morgan fingerprint density at radius 3 is 2.48 bits per heavy atom. The standard InChI is InChI=1S/C25H28N2O4S2/c1-4-31-24(29)23-18(2)33-25(26-23)27(16-14-19-8-6-5-7-9-19)22(28)15-17-32-21-12-10-20(30-3)11-13-21/h5-13H,4,14-17H2,1-3H3. The maximum atomic E-state index is 13.2. The zero-order valence-corrected chi connectivity index (χ0v) is 20.7. The van der Waals surface area contributed by atoms with Crippen molar-refractivity contribution in [3.63, 3.8) is 0 Å². The van der Waals surface area contributed by atoms with Crippen LogP contribution in [0.15, 0.2) is 59.5 Å².